The summed E-state index contributed by atoms with van der Waals surface area (Å²) in [4.78, 5) is 18.3. The Morgan fingerprint density at radius 1 is 1.08 bits per heavy atom. The summed E-state index contributed by atoms with van der Waals surface area (Å²) in [6, 6.07) is 5.99. The van der Waals surface area contributed by atoms with Crippen LogP contribution in [0.1, 0.15) is 30.9 Å². The summed E-state index contributed by atoms with van der Waals surface area (Å²) < 4.78 is 80.5. The van der Waals surface area contributed by atoms with Crippen molar-refractivity contribution in [1.29, 1.82) is 0 Å². The molecule has 0 unspecified atom stereocenters. The Morgan fingerprint density at radius 2 is 1.73 bits per heavy atom. The van der Waals surface area contributed by atoms with Crippen LogP contribution in [-0.2, 0) is 19.8 Å². The zero-order chi connectivity index (χ0) is 26.9. The number of benzene rings is 2. The summed E-state index contributed by atoms with van der Waals surface area (Å²) >= 11 is 5.56. The van der Waals surface area contributed by atoms with E-state index in [1.807, 2.05) is 0 Å². The van der Waals surface area contributed by atoms with Crippen molar-refractivity contribution in [3.8, 4) is 17.4 Å². The molecule has 12 heteroatoms. The number of nitrogens with zero attached hydrogens (tertiary/aromatic N) is 3. The van der Waals surface area contributed by atoms with Crippen molar-refractivity contribution in [3.63, 3.8) is 0 Å². The summed E-state index contributed by atoms with van der Waals surface area (Å²) in [5.74, 6) is -2.41. The zero-order valence-electron chi connectivity index (χ0n) is 19.9. The highest BCUT2D eigenvalue weighted by molar-refractivity contribution is 6.31. The van der Waals surface area contributed by atoms with Crippen LogP contribution in [0.25, 0.3) is 0 Å². The summed E-state index contributed by atoms with van der Waals surface area (Å²) in [7, 11) is 1.61. The van der Waals surface area contributed by atoms with E-state index in [0.29, 0.717) is 17.8 Å². The number of rotatable bonds is 6. The first kappa shape index (κ1) is 26.7. The molecule has 1 aliphatic rings. The second-order valence-corrected chi connectivity index (χ2v) is 9.29. The third kappa shape index (κ3) is 6.15. The molecule has 6 nitrogen and oxygen atoms in total. The van der Waals surface area contributed by atoms with E-state index in [4.69, 9.17) is 21.1 Å². The van der Waals surface area contributed by atoms with Crippen molar-refractivity contribution in [2.45, 2.75) is 32.5 Å². The van der Waals surface area contributed by atoms with Gasteiger partial charge in [-0.3, -0.25) is 4.57 Å². The molecule has 2 aromatic carbocycles. The van der Waals surface area contributed by atoms with Gasteiger partial charge in [0.25, 0.3) is 0 Å². The zero-order valence-corrected chi connectivity index (χ0v) is 20.7. The molecule has 0 bridgehead atoms. The van der Waals surface area contributed by atoms with E-state index in [1.54, 1.807) is 13.1 Å². The highest BCUT2D eigenvalue weighted by Gasteiger charge is 2.34. The molecule has 3 aromatic rings. The molecule has 0 N–H and O–H groups in total. The molecular weight excluding hydrogens is 521 g/mol. The molecule has 1 fully saturated rings. The second-order valence-electron chi connectivity index (χ2n) is 8.88. The molecule has 4 rings (SSSR count). The largest absolute Gasteiger partial charge is 0.473 e. The van der Waals surface area contributed by atoms with Crippen molar-refractivity contribution in [2.75, 3.05) is 18.0 Å². The summed E-state index contributed by atoms with van der Waals surface area (Å²) in [5.41, 5.74) is -1.67. The van der Waals surface area contributed by atoms with Crippen molar-refractivity contribution in [1.82, 2.24) is 9.55 Å². The van der Waals surface area contributed by atoms with Crippen LogP contribution in [0.15, 0.2) is 41.2 Å². The lowest BCUT2D eigenvalue weighted by molar-refractivity contribution is -0.137. The summed E-state index contributed by atoms with van der Waals surface area (Å²) in [5, 5.41) is -0.573. The van der Waals surface area contributed by atoms with Gasteiger partial charge in [0.05, 0.1) is 10.6 Å². The Balaban J connectivity index is 1.50. The molecule has 0 atom stereocenters. The third-order valence-electron chi connectivity index (χ3n) is 6.10. The van der Waals surface area contributed by atoms with Crippen LogP contribution in [0.2, 0.25) is 5.02 Å². The van der Waals surface area contributed by atoms with Gasteiger partial charge in [-0.05, 0) is 54.7 Å². The van der Waals surface area contributed by atoms with Crippen molar-refractivity contribution in [3.05, 3.63) is 74.7 Å². The van der Waals surface area contributed by atoms with Crippen LogP contribution in [-0.4, -0.2) is 22.6 Å². The summed E-state index contributed by atoms with van der Waals surface area (Å²) in [6.07, 6.45) is -2.81. The van der Waals surface area contributed by atoms with E-state index >= 15 is 0 Å². The van der Waals surface area contributed by atoms with Crippen LogP contribution in [0, 0.1) is 17.6 Å². The Morgan fingerprint density at radius 3 is 2.35 bits per heavy atom. The van der Waals surface area contributed by atoms with Gasteiger partial charge in [0, 0.05) is 26.2 Å². The standard InChI is InChI=1S/C25H23ClF5N3O3/c1-14-5-7-34(8-6-14)22-12-21(32-24(35)33(22)2)36-13-15-9-19(27)23(20(28)10-15)37-16-3-4-18(26)17(11-16)25(29,30)31/h3-4,9-12,14H,5-8,13H2,1-2H3. The van der Waals surface area contributed by atoms with E-state index in [2.05, 4.69) is 16.8 Å². The van der Waals surface area contributed by atoms with E-state index < -0.39 is 45.6 Å². The SMILES string of the molecule is CC1CCN(c2cc(OCc3cc(F)c(Oc4ccc(Cl)c(C(F)(F)F)c4)c(F)c3)nc(=O)n2C)CC1. The van der Waals surface area contributed by atoms with Gasteiger partial charge >= 0.3 is 11.9 Å². The van der Waals surface area contributed by atoms with E-state index in [-0.39, 0.29) is 18.1 Å². The third-order valence-corrected chi connectivity index (χ3v) is 6.43. The predicted molar refractivity (Wildman–Crippen MR) is 127 cm³/mol. The highest BCUT2D eigenvalue weighted by Crippen LogP contribution is 2.38. The first-order valence-electron chi connectivity index (χ1n) is 11.4. The molecule has 37 heavy (non-hydrogen) atoms. The fourth-order valence-corrected chi connectivity index (χ4v) is 4.20. The lowest BCUT2D eigenvalue weighted by Crippen LogP contribution is -2.37. The topological polar surface area (TPSA) is 56.6 Å². The molecule has 0 spiro atoms. The van der Waals surface area contributed by atoms with Gasteiger partial charge in [-0.15, -0.1) is 0 Å². The number of ether oxygens (including phenoxy) is 2. The molecule has 0 saturated carbocycles. The van der Waals surface area contributed by atoms with Gasteiger partial charge in [0.2, 0.25) is 5.88 Å². The van der Waals surface area contributed by atoms with E-state index in [1.165, 1.54) is 4.57 Å². The predicted octanol–water partition coefficient (Wildman–Crippen LogP) is 6.34. The fourth-order valence-electron chi connectivity index (χ4n) is 3.98. The molecule has 0 radical (unpaired) electrons. The van der Waals surface area contributed by atoms with Gasteiger partial charge in [0.1, 0.15) is 18.2 Å². The van der Waals surface area contributed by atoms with Crippen LogP contribution >= 0.6 is 11.6 Å². The molecular formula is C25H23ClF5N3O3. The van der Waals surface area contributed by atoms with Gasteiger partial charge in [0.15, 0.2) is 17.4 Å². The normalized spacial score (nSPS) is 14.6. The Hall–Kier alpha value is -3.34. The van der Waals surface area contributed by atoms with Gasteiger partial charge in [-0.25, -0.2) is 13.6 Å². The smallest absolute Gasteiger partial charge is 0.417 e. The second kappa shape index (κ2) is 10.6. The van der Waals surface area contributed by atoms with Crippen molar-refractivity contribution >= 4 is 17.4 Å². The molecule has 2 heterocycles. The maximum Gasteiger partial charge on any atom is 0.417 e. The van der Waals surface area contributed by atoms with Crippen LogP contribution in [0.5, 0.6) is 17.4 Å². The van der Waals surface area contributed by atoms with E-state index in [0.717, 1.165) is 50.2 Å². The molecule has 198 valence electrons. The lowest BCUT2D eigenvalue weighted by Gasteiger charge is -2.32. The van der Waals surface area contributed by atoms with E-state index in [9.17, 15) is 26.7 Å². The Kier molecular flexibility index (Phi) is 7.63. The maximum absolute atomic E-state index is 14.6. The lowest BCUT2D eigenvalue weighted by atomic mass is 9.99. The Bertz CT molecular complexity index is 1330. The minimum absolute atomic E-state index is 0.00120. The number of hydrogen-bond acceptors (Lipinski definition) is 5. The quantitative estimate of drug-likeness (QED) is 0.340. The number of piperidine rings is 1. The molecule has 0 aliphatic carbocycles. The van der Waals surface area contributed by atoms with Crippen LogP contribution in [0.3, 0.4) is 0 Å². The molecule has 1 aliphatic heterocycles. The highest BCUT2D eigenvalue weighted by atomic mass is 35.5. The number of hydrogen-bond donors (Lipinski definition) is 0. The number of halogens is 6. The van der Waals surface area contributed by atoms with Crippen LogP contribution < -0.4 is 20.1 Å². The monoisotopic (exact) mass is 543 g/mol. The number of alkyl halides is 3. The molecule has 1 saturated heterocycles. The average molecular weight is 544 g/mol. The first-order chi connectivity index (χ1) is 17.4. The summed E-state index contributed by atoms with van der Waals surface area (Å²) in [6.45, 7) is 3.40. The molecule has 1 aromatic heterocycles. The maximum atomic E-state index is 14.6. The first-order valence-corrected chi connectivity index (χ1v) is 11.8. The van der Waals surface area contributed by atoms with Crippen LogP contribution in [0.4, 0.5) is 27.8 Å². The Labute approximate surface area is 214 Å². The minimum atomic E-state index is -4.77. The number of aromatic nitrogens is 2. The molecule has 0 amide bonds. The minimum Gasteiger partial charge on any atom is -0.473 e. The van der Waals surface area contributed by atoms with Gasteiger partial charge < -0.3 is 14.4 Å². The number of anilines is 1. The average Bonchev–Trinajstić information content (AvgIpc) is 2.83. The fraction of sp³-hybridized carbons (Fsp3) is 0.360. The van der Waals surface area contributed by atoms with Crippen molar-refractivity contribution in [2.24, 2.45) is 13.0 Å². The van der Waals surface area contributed by atoms with Crippen molar-refractivity contribution < 1.29 is 31.4 Å². The van der Waals surface area contributed by atoms with Gasteiger partial charge in [-0.2, -0.15) is 18.2 Å². The van der Waals surface area contributed by atoms with Gasteiger partial charge in [-0.1, -0.05) is 18.5 Å².